The van der Waals surface area contributed by atoms with Crippen LogP contribution in [0, 0.1) is 17.0 Å². The zero-order valence-corrected chi connectivity index (χ0v) is 16.4. The standard InChI is InChI=1S/C18H17ClN4O4S/c1-13-17(19)11-16(12-18(13)23(24)25)28(26,27)21-9-7-14-3-5-15(6-4-14)22-10-2-8-20-22/h2-6,8,10-12,21H,7,9H2,1H3. The van der Waals surface area contributed by atoms with Crippen LogP contribution in [-0.4, -0.2) is 29.7 Å². The fourth-order valence-corrected chi connectivity index (χ4v) is 3.99. The van der Waals surface area contributed by atoms with Crippen molar-refractivity contribution < 1.29 is 13.3 Å². The maximum absolute atomic E-state index is 12.5. The Bertz CT molecular complexity index is 1100. The smallest absolute Gasteiger partial charge is 0.258 e. The predicted molar refractivity (Wildman–Crippen MR) is 105 cm³/mol. The van der Waals surface area contributed by atoms with Gasteiger partial charge >= 0.3 is 0 Å². The Morgan fingerprint density at radius 2 is 1.96 bits per heavy atom. The lowest BCUT2D eigenvalue weighted by Gasteiger charge is -2.09. The molecule has 0 bridgehead atoms. The Morgan fingerprint density at radius 1 is 1.25 bits per heavy atom. The van der Waals surface area contributed by atoms with Crippen LogP contribution >= 0.6 is 11.6 Å². The van der Waals surface area contributed by atoms with Gasteiger partial charge in [-0.2, -0.15) is 5.10 Å². The number of nitro benzene ring substituents is 1. The van der Waals surface area contributed by atoms with Crippen LogP contribution in [0.1, 0.15) is 11.1 Å². The molecular weight excluding hydrogens is 404 g/mol. The quantitative estimate of drug-likeness (QED) is 0.466. The Balaban J connectivity index is 1.68. The molecule has 0 aliphatic rings. The van der Waals surface area contributed by atoms with Gasteiger partial charge in [-0.05, 0) is 43.2 Å². The van der Waals surface area contributed by atoms with E-state index in [1.165, 1.54) is 13.0 Å². The first-order chi connectivity index (χ1) is 13.3. The third-order valence-electron chi connectivity index (χ3n) is 4.21. The molecule has 2 aromatic carbocycles. The molecule has 3 aromatic rings. The topological polar surface area (TPSA) is 107 Å². The van der Waals surface area contributed by atoms with Crippen LogP contribution in [0.4, 0.5) is 5.69 Å². The summed E-state index contributed by atoms with van der Waals surface area (Å²) in [4.78, 5) is 10.2. The Labute approximate surface area is 167 Å². The number of sulfonamides is 1. The molecule has 10 heteroatoms. The molecule has 1 heterocycles. The van der Waals surface area contributed by atoms with Crippen LogP contribution in [0.3, 0.4) is 0 Å². The van der Waals surface area contributed by atoms with E-state index in [-0.39, 0.29) is 27.7 Å². The predicted octanol–water partition coefficient (Wildman–Crippen LogP) is 3.26. The minimum atomic E-state index is -3.92. The number of nitro groups is 1. The summed E-state index contributed by atoms with van der Waals surface area (Å²) in [5.41, 5.74) is 1.73. The molecule has 0 amide bonds. The maximum Gasteiger partial charge on any atom is 0.275 e. The summed E-state index contributed by atoms with van der Waals surface area (Å²) in [6.45, 7) is 1.61. The summed E-state index contributed by atoms with van der Waals surface area (Å²) in [5, 5.41) is 15.3. The van der Waals surface area contributed by atoms with Crippen LogP contribution in [0.5, 0.6) is 0 Å². The van der Waals surface area contributed by atoms with Crippen LogP contribution in [-0.2, 0) is 16.4 Å². The van der Waals surface area contributed by atoms with E-state index in [4.69, 9.17) is 11.6 Å². The van der Waals surface area contributed by atoms with Crippen molar-refractivity contribution in [1.29, 1.82) is 0 Å². The normalized spacial score (nSPS) is 11.5. The van der Waals surface area contributed by atoms with Gasteiger partial charge in [0.1, 0.15) is 0 Å². The van der Waals surface area contributed by atoms with Crippen molar-refractivity contribution in [3.63, 3.8) is 0 Å². The largest absolute Gasteiger partial charge is 0.275 e. The first kappa shape index (κ1) is 20.0. The van der Waals surface area contributed by atoms with E-state index in [2.05, 4.69) is 9.82 Å². The molecule has 0 radical (unpaired) electrons. The highest BCUT2D eigenvalue weighted by atomic mass is 35.5. The SMILES string of the molecule is Cc1c(Cl)cc(S(=O)(=O)NCCc2ccc(-n3cccn3)cc2)cc1[N+](=O)[O-]. The van der Waals surface area contributed by atoms with Crippen molar-refractivity contribution in [2.75, 3.05) is 6.54 Å². The Hall–Kier alpha value is -2.75. The fourth-order valence-electron chi connectivity index (χ4n) is 2.63. The molecule has 1 aromatic heterocycles. The van der Waals surface area contributed by atoms with Gasteiger partial charge in [0, 0.05) is 30.6 Å². The number of nitrogens with zero attached hydrogens (tertiary/aromatic N) is 3. The van der Waals surface area contributed by atoms with Gasteiger partial charge in [0.25, 0.3) is 5.69 Å². The molecule has 8 nitrogen and oxygen atoms in total. The molecule has 0 saturated heterocycles. The third kappa shape index (κ3) is 4.38. The number of hydrogen-bond donors (Lipinski definition) is 1. The van der Waals surface area contributed by atoms with Gasteiger partial charge in [-0.15, -0.1) is 0 Å². The van der Waals surface area contributed by atoms with Gasteiger partial charge in [-0.25, -0.2) is 17.8 Å². The third-order valence-corrected chi connectivity index (χ3v) is 6.04. The van der Waals surface area contributed by atoms with Crippen molar-refractivity contribution in [3.8, 4) is 5.69 Å². The van der Waals surface area contributed by atoms with Crippen LogP contribution < -0.4 is 4.72 Å². The van der Waals surface area contributed by atoms with Crippen molar-refractivity contribution in [1.82, 2.24) is 14.5 Å². The minimum Gasteiger partial charge on any atom is -0.258 e. The number of rotatable bonds is 7. The summed E-state index contributed by atoms with van der Waals surface area (Å²) in [6, 6.07) is 11.6. The second-order valence-electron chi connectivity index (χ2n) is 6.07. The summed E-state index contributed by atoms with van der Waals surface area (Å²) in [6.07, 6.45) is 3.97. The first-order valence-corrected chi connectivity index (χ1v) is 10.2. The van der Waals surface area contributed by atoms with E-state index in [0.717, 1.165) is 17.3 Å². The second-order valence-corrected chi connectivity index (χ2v) is 8.25. The van der Waals surface area contributed by atoms with Gasteiger partial charge in [0.2, 0.25) is 10.0 Å². The summed E-state index contributed by atoms with van der Waals surface area (Å²) >= 11 is 5.95. The molecule has 3 rings (SSSR count). The number of hydrogen-bond acceptors (Lipinski definition) is 5. The van der Waals surface area contributed by atoms with Gasteiger partial charge in [-0.1, -0.05) is 23.7 Å². The van der Waals surface area contributed by atoms with Crippen molar-refractivity contribution in [2.45, 2.75) is 18.2 Å². The zero-order valence-electron chi connectivity index (χ0n) is 14.9. The van der Waals surface area contributed by atoms with Crippen molar-refractivity contribution in [2.24, 2.45) is 0 Å². The van der Waals surface area contributed by atoms with E-state index in [1.807, 2.05) is 36.5 Å². The molecular formula is C18H17ClN4O4S. The average Bonchev–Trinajstić information content (AvgIpc) is 3.18. The van der Waals surface area contributed by atoms with Crippen LogP contribution in [0.2, 0.25) is 5.02 Å². The van der Waals surface area contributed by atoms with E-state index < -0.39 is 14.9 Å². The molecule has 0 saturated carbocycles. The summed E-state index contributed by atoms with van der Waals surface area (Å²) in [7, 11) is -3.92. The monoisotopic (exact) mass is 420 g/mol. The zero-order chi connectivity index (χ0) is 20.3. The fraction of sp³-hybridized carbons (Fsp3) is 0.167. The Morgan fingerprint density at radius 3 is 2.57 bits per heavy atom. The van der Waals surface area contributed by atoms with Gasteiger partial charge < -0.3 is 0 Å². The highest BCUT2D eigenvalue weighted by Crippen LogP contribution is 2.29. The maximum atomic E-state index is 12.5. The molecule has 0 fully saturated rings. The lowest BCUT2D eigenvalue weighted by molar-refractivity contribution is -0.385. The molecule has 146 valence electrons. The minimum absolute atomic E-state index is 0.0313. The van der Waals surface area contributed by atoms with Crippen molar-refractivity contribution >= 4 is 27.3 Å². The van der Waals surface area contributed by atoms with Crippen molar-refractivity contribution in [3.05, 3.63) is 81.1 Å². The van der Waals surface area contributed by atoms with E-state index in [9.17, 15) is 18.5 Å². The first-order valence-electron chi connectivity index (χ1n) is 8.31. The summed E-state index contributed by atoms with van der Waals surface area (Å²) in [5.74, 6) is 0. The highest BCUT2D eigenvalue weighted by molar-refractivity contribution is 7.89. The number of aromatic nitrogens is 2. The van der Waals surface area contributed by atoms with Gasteiger partial charge in [0.15, 0.2) is 0 Å². The van der Waals surface area contributed by atoms with Crippen LogP contribution in [0.15, 0.2) is 59.8 Å². The molecule has 28 heavy (non-hydrogen) atoms. The lowest BCUT2D eigenvalue weighted by Crippen LogP contribution is -2.26. The number of halogens is 1. The lowest BCUT2D eigenvalue weighted by atomic mass is 10.1. The molecule has 0 atom stereocenters. The van der Waals surface area contributed by atoms with Gasteiger partial charge in [0.05, 0.1) is 20.5 Å². The molecule has 0 aliphatic carbocycles. The number of benzene rings is 2. The Kier molecular flexibility index (Phi) is 5.78. The van der Waals surface area contributed by atoms with Crippen LogP contribution in [0.25, 0.3) is 5.69 Å². The highest BCUT2D eigenvalue weighted by Gasteiger charge is 2.22. The van der Waals surface area contributed by atoms with Gasteiger partial charge in [-0.3, -0.25) is 10.1 Å². The number of nitrogens with one attached hydrogen (secondary N) is 1. The van der Waals surface area contributed by atoms with E-state index in [0.29, 0.717) is 6.42 Å². The summed E-state index contributed by atoms with van der Waals surface area (Å²) < 4.78 is 29.1. The van der Waals surface area contributed by atoms with E-state index >= 15 is 0 Å². The molecule has 0 spiro atoms. The molecule has 0 unspecified atom stereocenters. The van der Waals surface area contributed by atoms with E-state index in [1.54, 1.807) is 10.9 Å². The molecule has 1 N–H and O–H groups in total. The molecule has 0 aliphatic heterocycles. The second kappa shape index (κ2) is 8.09. The average molecular weight is 421 g/mol.